The van der Waals surface area contributed by atoms with Crippen LogP contribution < -0.4 is 5.56 Å². The molecule has 0 aliphatic carbocycles. The van der Waals surface area contributed by atoms with Gasteiger partial charge in [-0.1, -0.05) is 18.7 Å². The second-order valence-corrected chi connectivity index (χ2v) is 5.81. The van der Waals surface area contributed by atoms with Crippen LogP contribution in [0.15, 0.2) is 21.4 Å². The average Bonchev–Trinajstić information content (AvgIpc) is 2.84. The lowest BCUT2D eigenvalue weighted by atomic mass is 10.4. The molecule has 94 valence electrons. The highest BCUT2D eigenvalue weighted by Crippen LogP contribution is 2.25. The Hall–Kier alpha value is -1.32. The zero-order valence-electron chi connectivity index (χ0n) is 10.2. The average molecular weight is 279 g/mol. The van der Waals surface area contributed by atoms with E-state index in [1.54, 1.807) is 4.57 Å². The molecular formula is C12H13N3OS2. The summed E-state index contributed by atoms with van der Waals surface area (Å²) in [5.74, 6) is 0. The summed E-state index contributed by atoms with van der Waals surface area (Å²) in [5.41, 5.74) is 0.720. The highest BCUT2D eigenvalue weighted by molar-refractivity contribution is 8.00. The second-order valence-electron chi connectivity index (χ2n) is 3.72. The topological polar surface area (TPSA) is 58.7 Å². The second kappa shape index (κ2) is 5.55. The molecule has 6 heteroatoms. The largest absolute Gasteiger partial charge is 0.287 e. The van der Waals surface area contributed by atoms with Gasteiger partial charge in [-0.25, -0.2) is 4.98 Å². The summed E-state index contributed by atoms with van der Waals surface area (Å²) in [6.07, 6.45) is 0.739. The fourth-order valence-corrected chi connectivity index (χ4v) is 3.36. The summed E-state index contributed by atoms with van der Waals surface area (Å²) in [6.45, 7) is 4.45. The maximum Gasteiger partial charge on any atom is 0.272 e. The monoisotopic (exact) mass is 279 g/mol. The van der Waals surface area contributed by atoms with E-state index in [0.29, 0.717) is 16.4 Å². The van der Waals surface area contributed by atoms with Crippen molar-refractivity contribution in [2.75, 3.05) is 0 Å². The number of thiophene rings is 1. The van der Waals surface area contributed by atoms with Crippen LogP contribution in [0.4, 0.5) is 0 Å². The summed E-state index contributed by atoms with van der Waals surface area (Å²) in [5, 5.41) is 11.4. The lowest BCUT2D eigenvalue weighted by Crippen LogP contribution is -2.22. The van der Waals surface area contributed by atoms with E-state index in [0.717, 1.165) is 11.9 Å². The normalized spacial score (nSPS) is 12.5. The van der Waals surface area contributed by atoms with Gasteiger partial charge in [-0.3, -0.25) is 9.36 Å². The Bertz CT molecular complexity index is 653. The molecule has 0 aliphatic heterocycles. The Labute approximate surface area is 113 Å². The van der Waals surface area contributed by atoms with Crippen molar-refractivity contribution >= 4 is 33.3 Å². The fourth-order valence-electron chi connectivity index (χ4n) is 1.62. The van der Waals surface area contributed by atoms with Crippen molar-refractivity contribution in [2.45, 2.75) is 37.2 Å². The molecule has 0 spiro atoms. The van der Waals surface area contributed by atoms with E-state index in [9.17, 15) is 4.79 Å². The van der Waals surface area contributed by atoms with Crippen LogP contribution in [-0.2, 0) is 6.54 Å². The van der Waals surface area contributed by atoms with E-state index in [2.05, 4.69) is 11.1 Å². The molecule has 0 aliphatic rings. The van der Waals surface area contributed by atoms with Gasteiger partial charge in [0.05, 0.1) is 16.8 Å². The predicted molar refractivity (Wildman–Crippen MR) is 75.1 cm³/mol. The van der Waals surface area contributed by atoms with Crippen LogP contribution in [0.25, 0.3) is 10.2 Å². The maximum absolute atomic E-state index is 12.2. The molecule has 0 bridgehead atoms. The smallest absolute Gasteiger partial charge is 0.272 e. The van der Waals surface area contributed by atoms with Crippen molar-refractivity contribution in [3.63, 3.8) is 0 Å². The van der Waals surface area contributed by atoms with E-state index in [-0.39, 0.29) is 10.8 Å². The zero-order valence-corrected chi connectivity index (χ0v) is 11.8. The SMILES string of the molecule is CCC(C#N)Sc1nc2ccsc2c(=O)n1CC. The fraction of sp³-hybridized carbons (Fsp3) is 0.417. The third-order valence-electron chi connectivity index (χ3n) is 2.61. The van der Waals surface area contributed by atoms with Gasteiger partial charge in [0.15, 0.2) is 5.16 Å². The number of thioether (sulfide) groups is 1. The molecule has 0 N–H and O–H groups in total. The van der Waals surface area contributed by atoms with Gasteiger partial charge in [0, 0.05) is 6.54 Å². The summed E-state index contributed by atoms with van der Waals surface area (Å²) in [6, 6.07) is 4.07. The van der Waals surface area contributed by atoms with Gasteiger partial charge in [-0.2, -0.15) is 5.26 Å². The minimum atomic E-state index is -0.161. The van der Waals surface area contributed by atoms with E-state index in [4.69, 9.17) is 5.26 Å². The van der Waals surface area contributed by atoms with Crippen LogP contribution in [0.5, 0.6) is 0 Å². The number of fused-ring (bicyclic) bond motifs is 1. The first kappa shape index (κ1) is 13.1. The van der Waals surface area contributed by atoms with Crippen molar-refractivity contribution in [1.82, 2.24) is 9.55 Å². The van der Waals surface area contributed by atoms with E-state index in [1.807, 2.05) is 25.3 Å². The van der Waals surface area contributed by atoms with Crippen molar-refractivity contribution in [1.29, 1.82) is 5.26 Å². The highest BCUT2D eigenvalue weighted by atomic mass is 32.2. The molecule has 0 amide bonds. The third-order valence-corrected chi connectivity index (χ3v) is 4.75. The first-order valence-electron chi connectivity index (χ1n) is 5.75. The summed E-state index contributed by atoms with van der Waals surface area (Å²) >= 11 is 2.78. The van der Waals surface area contributed by atoms with Crippen LogP contribution in [0.2, 0.25) is 0 Å². The van der Waals surface area contributed by atoms with E-state index >= 15 is 0 Å². The minimum absolute atomic E-state index is 0.00667. The molecule has 2 rings (SSSR count). The molecule has 0 fully saturated rings. The van der Waals surface area contributed by atoms with Crippen molar-refractivity contribution < 1.29 is 0 Å². The van der Waals surface area contributed by atoms with Crippen molar-refractivity contribution in [2.24, 2.45) is 0 Å². The van der Waals surface area contributed by atoms with Gasteiger partial charge < -0.3 is 0 Å². The Morgan fingerprint density at radius 1 is 1.61 bits per heavy atom. The number of aromatic nitrogens is 2. The van der Waals surface area contributed by atoms with Crippen LogP contribution in [0.3, 0.4) is 0 Å². The molecule has 4 nitrogen and oxygen atoms in total. The van der Waals surface area contributed by atoms with E-state index < -0.39 is 0 Å². The lowest BCUT2D eigenvalue weighted by Gasteiger charge is -2.11. The molecule has 0 radical (unpaired) electrons. The lowest BCUT2D eigenvalue weighted by molar-refractivity contribution is 0.634. The first-order valence-corrected chi connectivity index (χ1v) is 7.51. The molecule has 2 heterocycles. The first-order chi connectivity index (χ1) is 8.71. The number of rotatable bonds is 4. The van der Waals surface area contributed by atoms with Crippen LogP contribution in [0, 0.1) is 11.3 Å². The number of hydrogen-bond donors (Lipinski definition) is 0. The summed E-state index contributed by atoms with van der Waals surface area (Å²) < 4.78 is 2.33. The summed E-state index contributed by atoms with van der Waals surface area (Å²) in [7, 11) is 0. The zero-order chi connectivity index (χ0) is 13.1. The molecule has 0 aromatic carbocycles. The molecule has 0 saturated carbocycles. The Balaban J connectivity index is 2.55. The van der Waals surface area contributed by atoms with Gasteiger partial charge in [0.1, 0.15) is 4.70 Å². The standard InChI is InChI=1S/C12H13N3OS2/c1-3-8(7-13)18-12-14-9-5-6-17-10(9)11(16)15(12)4-2/h5-6,8H,3-4H2,1-2H3. The number of hydrogen-bond acceptors (Lipinski definition) is 5. The highest BCUT2D eigenvalue weighted by Gasteiger charge is 2.15. The van der Waals surface area contributed by atoms with E-state index in [1.165, 1.54) is 23.1 Å². The van der Waals surface area contributed by atoms with Crippen molar-refractivity contribution in [3.8, 4) is 6.07 Å². The maximum atomic E-state index is 12.2. The molecular weight excluding hydrogens is 266 g/mol. The van der Waals surface area contributed by atoms with Gasteiger partial charge in [-0.05, 0) is 24.8 Å². The van der Waals surface area contributed by atoms with Crippen LogP contribution >= 0.6 is 23.1 Å². The Morgan fingerprint density at radius 3 is 3.00 bits per heavy atom. The molecule has 1 atom stereocenters. The molecule has 18 heavy (non-hydrogen) atoms. The summed E-state index contributed by atoms with van der Waals surface area (Å²) in [4.78, 5) is 16.7. The molecule has 1 unspecified atom stereocenters. The predicted octanol–water partition coefficient (Wildman–Crippen LogP) is 2.87. The van der Waals surface area contributed by atoms with Gasteiger partial charge in [0.2, 0.25) is 0 Å². The van der Waals surface area contributed by atoms with Crippen LogP contribution in [-0.4, -0.2) is 14.8 Å². The molecule has 2 aromatic heterocycles. The Morgan fingerprint density at radius 2 is 2.39 bits per heavy atom. The van der Waals surface area contributed by atoms with Gasteiger partial charge >= 0.3 is 0 Å². The third kappa shape index (κ3) is 2.28. The molecule has 0 saturated heterocycles. The van der Waals surface area contributed by atoms with Gasteiger partial charge in [0.25, 0.3) is 5.56 Å². The Kier molecular flexibility index (Phi) is 4.04. The quantitative estimate of drug-likeness (QED) is 0.638. The number of nitrogens with zero attached hydrogens (tertiary/aromatic N) is 3. The minimum Gasteiger partial charge on any atom is -0.287 e. The molecule has 2 aromatic rings. The van der Waals surface area contributed by atoms with Crippen LogP contribution in [0.1, 0.15) is 20.3 Å². The van der Waals surface area contributed by atoms with Crippen molar-refractivity contribution in [3.05, 3.63) is 21.8 Å². The van der Waals surface area contributed by atoms with Gasteiger partial charge in [-0.15, -0.1) is 11.3 Å². The number of nitriles is 1.